The second kappa shape index (κ2) is 8.94. The van der Waals surface area contributed by atoms with Crippen LogP contribution in [0.25, 0.3) is 0 Å². The van der Waals surface area contributed by atoms with Gasteiger partial charge in [0.25, 0.3) is 5.91 Å². The molecule has 1 aliphatic heterocycles. The number of benzene rings is 2. The highest BCUT2D eigenvalue weighted by Crippen LogP contribution is 2.39. The largest absolute Gasteiger partial charge is 0.356 e. The number of nitrogens with one attached hydrogen (secondary N) is 2. The summed E-state index contributed by atoms with van der Waals surface area (Å²) in [6.07, 6.45) is 3.79. The van der Waals surface area contributed by atoms with Crippen LogP contribution in [0.15, 0.2) is 48.5 Å². The van der Waals surface area contributed by atoms with Gasteiger partial charge in [-0.15, -0.1) is 0 Å². The Morgan fingerprint density at radius 2 is 1.84 bits per heavy atom. The molecule has 0 unspecified atom stereocenters. The first-order chi connectivity index (χ1) is 15.4. The molecule has 7 heteroatoms. The van der Waals surface area contributed by atoms with Crippen LogP contribution in [-0.2, 0) is 28.0 Å². The Kier molecular flexibility index (Phi) is 6.08. The van der Waals surface area contributed by atoms with E-state index in [2.05, 4.69) is 10.6 Å². The van der Waals surface area contributed by atoms with Gasteiger partial charge in [-0.3, -0.25) is 19.3 Å². The minimum absolute atomic E-state index is 0.0510. The Bertz CT molecular complexity index is 1060. The van der Waals surface area contributed by atoms with Gasteiger partial charge in [-0.1, -0.05) is 48.5 Å². The van der Waals surface area contributed by atoms with Gasteiger partial charge in [0, 0.05) is 19.0 Å². The van der Waals surface area contributed by atoms with Gasteiger partial charge in [-0.2, -0.15) is 0 Å². The van der Waals surface area contributed by atoms with Gasteiger partial charge in [0.1, 0.15) is 5.54 Å². The van der Waals surface area contributed by atoms with E-state index < -0.39 is 11.6 Å². The predicted molar refractivity (Wildman–Crippen MR) is 119 cm³/mol. The van der Waals surface area contributed by atoms with Crippen LogP contribution >= 0.6 is 0 Å². The van der Waals surface area contributed by atoms with Gasteiger partial charge >= 0.3 is 6.03 Å². The Hall–Kier alpha value is -3.48. The number of carbonyl (C=O) groups is 4. The van der Waals surface area contributed by atoms with E-state index in [4.69, 9.17) is 0 Å². The van der Waals surface area contributed by atoms with E-state index in [1.54, 1.807) is 12.1 Å². The summed E-state index contributed by atoms with van der Waals surface area (Å²) < 4.78 is 0. The molecule has 2 aromatic rings. The summed E-state index contributed by atoms with van der Waals surface area (Å²) in [5.74, 6) is -0.679. The fraction of sp³-hybridized carbons (Fsp3) is 0.360. The zero-order valence-corrected chi connectivity index (χ0v) is 18.1. The lowest BCUT2D eigenvalue weighted by molar-refractivity contribution is -0.131. The van der Waals surface area contributed by atoms with E-state index >= 15 is 0 Å². The number of hydrogen-bond donors (Lipinski definition) is 2. The Labute approximate surface area is 187 Å². The molecule has 0 bridgehead atoms. The molecular weight excluding hydrogens is 406 g/mol. The molecule has 1 fully saturated rings. The zero-order valence-electron chi connectivity index (χ0n) is 18.1. The van der Waals surface area contributed by atoms with Crippen molar-refractivity contribution in [1.82, 2.24) is 15.5 Å². The van der Waals surface area contributed by atoms with Crippen molar-refractivity contribution in [2.24, 2.45) is 0 Å². The number of imide groups is 1. The number of Topliss-reactive ketones (excluding diaryl/α,β-unsaturated/α-hetero) is 1. The van der Waals surface area contributed by atoms with Crippen molar-refractivity contribution < 1.29 is 19.2 Å². The zero-order chi connectivity index (χ0) is 22.7. The molecule has 0 radical (unpaired) electrons. The van der Waals surface area contributed by atoms with Crippen LogP contribution in [0.5, 0.6) is 0 Å². The Balaban J connectivity index is 1.42. The second-order valence-corrected chi connectivity index (χ2v) is 8.44. The van der Waals surface area contributed by atoms with E-state index in [0.29, 0.717) is 18.5 Å². The first kappa shape index (κ1) is 21.7. The molecule has 0 saturated carbocycles. The summed E-state index contributed by atoms with van der Waals surface area (Å²) in [5, 5.41) is 5.64. The first-order valence-corrected chi connectivity index (χ1v) is 11.0. The number of hydrogen-bond acceptors (Lipinski definition) is 4. The molecule has 1 heterocycles. The lowest BCUT2D eigenvalue weighted by Gasteiger charge is -2.33. The first-order valence-electron chi connectivity index (χ1n) is 11.0. The molecule has 166 valence electrons. The summed E-state index contributed by atoms with van der Waals surface area (Å²) in [7, 11) is 0. The van der Waals surface area contributed by atoms with E-state index in [1.807, 2.05) is 36.4 Å². The lowest BCUT2D eigenvalue weighted by Crippen LogP contribution is -2.46. The maximum Gasteiger partial charge on any atom is 0.325 e. The van der Waals surface area contributed by atoms with Gasteiger partial charge in [-0.25, -0.2) is 4.79 Å². The number of nitrogens with zero attached hydrogens (tertiary/aromatic N) is 1. The molecular formula is C25H27N3O4. The summed E-state index contributed by atoms with van der Waals surface area (Å²) in [5.41, 5.74) is 2.35. The van der Waals surface area contributed by atoms with Crippen molar-refractivity contribution in [2.75, 3.05) is 13.1 Å². The number of carbonyl (C=O) groups excluding carboxylic acids is 4. The fourth-order valence-corrected chi connectivity index (χ4v) is 4.60. The van der Waals surface area contributed by atoms with Gasteiger partial charge < -0.3 is 10.6 Å². The third kappa shape index (κ3) is 4.15. The molecule has 1 aliphatic carbocycles. The van der Waals surface area contributed by atoms with Crippen molar-refractivity contribution in [3.63, 3.8) is 0 Å². The lowest BCUT2D eigenvalue weighted by atomic mass is 9.76. The van der Waals surface area contributed by atoms with Gasteiger partial charge in [0.05, 0.1) is 6.54 Å². The third-order valence-corrected chi connectivity index (χ3v) is 6.24. The SMILES string of the molecule is CC(=O)NCCCc1ccc(C(=O)CN2C(=O)N[C@]3(CCCc4ccccc43)C2=O)cc1. The van der Waals surface area contributed by atoms with Crippen LogP contribution in [0, 0.1) is 0 Å². The van der Waals surface area contributed by atoms with Crippen molar-refractivity contribution in [1.29, 1.82) is 0 Å². The smallest absolute Gasteiger partial charge is 0.325 e. The van der Waals surface area contributed by atoms with Crippen molar-refractivity contribution in [3.8, 4) is 0 Å². The van der Waals surface area contributed by atoms with E-state index in [-0.39, 0.29) is 24.1 Å². The van der Waals surface area contributed by atoms with Crippen LogP contribution < -0.4 is 10.6 Å². The topological polar surface area (TPSA) is 95.6 Å². The van der Waals surface area contributed by atoms with Crippen LogP contribution in [0.1, 0.15) is 53.2 Å². The average molecular weight is 434 g/mol. The number of urea groups is 1. The number of rotatable bonds is 7. The molecule has 1 spiro atoms. The van der Waals surface area contributed by atoms with Crippen LogP contribution in [0.4, 0.5) is 4.79 Å². The minimum Gasteiger partial charge on any atom is -0.356 e. The number of amides is 4. The highest BCUT2D eigenvalue weighted by Gasteiger charge is 2.54. The normalized spacial score (nSPS) is 19.6. The number of aryl methyl sites for hydroxylation is 2. The highest BCUT2D eigenvalue weighted by molar-refractivity contribution is 6.11. The number of ketones is 1. The molecule has 7 nitrogen and oxygen atoms in total. The summed E-state index contributed by atoms with van der Waals surface area (Å²) in [4.78, 5) is 50.8. The molecule has 0 aromatic heterocycles. The van der Waals surface area contributed by atoms with Crippen molar-refractivity contribution >= 4 is 23.6 Å². The summed E-state index contributed by atoms with van der Waals surface area (Å²) in [6, 6.07) is 14.3. The highest BCUT2D eigenvalue weighted by atomic mass is 16.2. The van der Waals surface area contributed by atoms with E-state index in [0.717, 1.165) is 47.3 Å². The van der Waals surface area contributed by atoms with E-state index in [9.17, 15) is 19.2 Å². The van der Waals surface area contributed by atoms with Crippen LogP contribution in [-0.4, -0.2) is 41.6 Å². The average Bonchev–Trinajstić information content (AvgIpc) is 3.02. The quantitative estimate of drug-likeness (QED) is 0.399. The minimum atomic E-state index is -1.07. The predicted octanol–water partition coefficient (Wildman–Crippen LogP) is 2.72. The maximum absolute atomic E-state index is 13.3. The Morgan fingerprint density at radius 1 is 1.09 bits per heavy atom. The molecule has 4 rings (SSSR count). The van der Waals surface area contributed by atoms with Crippen molar-refractivity contribution in [3.05, 3.63) is 70.8 Å². The summed E-state index contributed by atoms with van der Waals surface area (Å²) in [6.45, 7) is 1.81. The van der Waals surface area contributed by atoms with Gasteiger partial charge in [-0.05, 0) is 48.8 Å². The van der Waals surface area contributed by atoms with Crippen molar-refractivity contribution in [2.45, 2.75) is 44.6 Å². The maximum atomic E-state index is 13.3. The molecule has 2 aliphatic rings. The standard InChI is InChI=1S/C25H27N3O4/c1-17(29)26-15-5-6-18-10-12-20(13-11-18)22(30)16-28-23(31)25(27-24(28)32)14-4-8-19-7-2-3-9-21(19)25/h2-3,7,9-13H,4-6,8,14-16H2,1H3,(H,26,29)(H,27,32)/t25-/m0/s1. The third-order valence-electron chi connectivity index (χ3n) is 6.24. The molecule has 2 aromatic carbocycles. The second-order valence-electron chi connectivity index (χ2n) is 8.44. The molecule has 4 amide bonds. The van der Waals surface area contributed by atoms with Gasteiger partial charge in [0.15, 0.2) is 5.78 Å². The molecule has 1 atom stereocenters. The monoisotopic (exact) mass is 433 g/mol. The molecule has 32 heavy (non-hydrogen) atoms. The fourth-order valence-electron chi connectivity index (χ4n) is 4.60. The molecule has 1 saturated heterocycles. The van der Waals surface area contributed by atoms with Gasteiger partial charge in [0.2, 0.25) is 5.91 Å². The molecule has 2 N–H and O–H groups in total. The Morgan fingerprint density at radius 3 is 2.59 bits per heavy atom. The number of fused-ring (bicyclic) bond motifs is 2. The van der Waals surface area contributed by atoms with Crippen LogP contribution in [0.3, 0.4) is 0 Å². The van der Waals surface area contributed by atoms with Crippen LogP contribution in [0.2, 0.25) is 0 Å². The van der Waals surface area contributed by atoms with E-state index in [1.165, 1.54) is 6.92 Å². The summed E-state index contributed by atoms with van der Waals surface area (Å²) >= 11 is 0.